The monoisotopic (exact) mass is 437 g/mol. The lowest BCUT2D eigenvalue weighted by Gasteiger charge is -2.29. The van der Waals surface area contributed by atoms with Crippen molar-refractivity contribution in [1.82, 2.24) is 14.7 Å². The number of fused-ring (bicyclic) bond motifs is 1. The predicted molar refractivity (Wildman–Crippen MR) is 120 cm³/mol. The number of aryl methyl sites for hydroxylation is 1. The number of aromatic nitrogens is 2. The standard InChI is InChI=1S/C24H27N3O5/c1-26-20(13-19(25-26)18-12-17(29-2)6-7-21(18)30-3)24(28)27-9-8-15-10-22(31-4)23(32-5)11-16(15)14-27/h6-7,10-13H,8-9,14H2,1-5H3. The molecule has 168 valence electrons. The van der Waals surface area contributed by atoms with Crippen LogP contribution in [0.15, 0.2) is 36.4 Å². The molecule has 0 N–H and O–H groups in total. The zero-order valence-electron chi connectivity index (χ0n) is 19.0. The van der Waals surface area contributed by atoms with Gasteiger partial charge in [0.05, 0.1) is 34.1 Å². The van der Waals surface area contributed by atoms with Gasteiger partial charge < -0.3 is 23.8 Å². The highest BCUT2D eigenvalue weighted by Gasteiger charge is 2.26. The van der Waals surface area contributed by atoms with Crippen molar-refractivity contribution in [1.29, 1.82) is 0 Å². The molecule has 1 aliphatic rings. The molecule has 2 aromatic carbocycles. The Morgan fingerprint density at radius 3 is 2.22 bits per heavy atom. The van der Waals surface area contributed by atoms with E-state index in [9.17, 15) is 4.79 Å². The number of rotatable bonds is 6. The molecule has 3 aromatic rings. The van der Waals surface area contributed by atoms with E-state index in [0.717, 1.165) is 17.5 Å². The molecular formula is C24H27N3O5. The number of ether oxygens (including phenoxy) is 4. The molecule has 0 saturated carbocycles. The van der Waals surface area contributed by atoms with Crippen LogP contribution in [0.3, 0.4) is 0 Å². The lowest BCUT2D eigenvalue weighted by molar-refractivity contribution is 0.0723. The van der Waals surface area contributed by atoms with Crippen molar-refractivity contribution >= 4 is 5.91 Å². The van der Waals surface area contributed by atoms with E-state index >= 15 is 0 Å². The van der Waals surface area contributed by atoms with Gasteiger partial charge in [-0.2, -0.15) is 5.10 Å². The molecule has 0 saturated heterocycles. The first-order chi connectivity index (χ1) is 15.5. The summed E-state index contributed by atoms with van der Waals surface area (Å²) in [5.41, 5.74) is 4.14. The Balaban J connectivity index is 1.63. The Kier molecular flexibility index (Phi) is 5.94. The summed E-state index contributed by atoms with van der Waals surface area (Å²) in [5.74, 6) is 2.64. The van der Waals surface area contributed by atoms with Crippen LogP contribution in [0.25, 0.3) is 11.3 Å². The fraction of sp³-hybridized carbons (Fsp3) is 0.333. The minimum Gasteiger partial charge on any atom is -0.497 e. The zero-order valence-corrected chi connectivity index (χ0v) is 19.0. The average molecular weight is 437 g/mol. The molecule has 1 amide bonds. The molecule has 0 spiro atoms. The summed E-state index contributed by atoms with van der Waals surface area (Å²) in [7, 11) is 8.22. The van der Waals surface area contributed by atoms with E-state index in [4.69, 9.17) is 18.9 Å². The number of amides is 1. The molecule has 0 radical (unpaired) electrons. The van der Waals surface area contributed by atoms with Crippen LogP contribution in [0.2, 0.25) is 0 Å². The molecule has 8 heteroatoms. The first kappa shape index (κ1) is 21.5. The van der Waals surface area contributed by atoms with Gasteiger partial charge in [-0.1, -0.05) is 0 Å². The van der Waals surface area contributed by atoms with E-state index in [1.54, 1.807) is 46.2 Å². The van der Waals surface area contributed by atoms with Crippen molar-refractivity contribution in [3.63, 3.8) is 0 Å². The number of benzene rings is 2. The van der Waals surface area contributed by atoms with Crippen LogP contribution in [-0.2, 0) is 20.0 Å². The van der Waals surface area contributed by atoms with Gasteiger partial charge in [0.15, 0.2) is 11.5 Å². The Morgan fingerprint density at radius 1 is 0.875 bits per heavy atom. The van der Waals surface area contributed by atoms with Crippen LogP contribution in [0.1, 0.15) is 21.6 Å². The third-order valence-corrected chi connectivity index (χ3v) is 5.79. The van der Waals surface area contributed by atoms with Crippen LogP contribution in [-0.4, -0.2) is 55.6 Å². The lowest BCUT2D eigenvalue weighted by atomic mass is 9.98. The van der Waals surface area contributed by atoms with Crippen LogP contribution in [0, 0.1) is 0 Å². The summed E-state index contributed by atoms with van der Waals surface area (Å²) in [6, 6.07) is 11.2. The van der Waals surface area contributed by atoms with E-state index in [2.05, 4.69) is 5.10 Å². The van der Waals surface area contributed by atoms with Gasteiger partial charge in [0.1, 0.15) is 17.2 Å². The number of methoxy groups -OCH3 is 4. The fourth-order valence-corrected chi connectivity index (χ4v) is 4.03. The molecule has 0 atom stereocenters. The summed E-state index contributed by atoms with van der Waals surface area (Å²) in [6.45, 7) is 1.11. The van der Waals surface area contributed by atoms with Gasteiger partial charge in [0.25, 0.3) is 5.91 Å². The van der Waals surface area contributed by atoms with Gasteiger partial charge in [-0.3, -0.25) is 9.48 Å². The second-order valence-electron chi connectivity index (χ2n) is 7.56. The lowest BCUT2D eigenvalue weighted by Crippen LogP contribution is -2.36. The van der Waals surface area contributed by atoms with Crippen LogP contribution < -0.4 is 18.9 Å². The minimum absolute atomic E-state index is 0.0754. The Hall–Kier alpha value is -3.68. The normalized spacial score (nSPS) is 12.8. The molecule has 0 aliphatic carbocycles. The van der Waals surface area contributed by atoms with Gasteiger partial charge in [0, 0.05) is 25.7 Å². The summed E-state index contributed by atoms with van der Waals surface area (Å²) in [6.07, 6.45) is 0.746. The van der Waals surface area contributed by atoms with Gasteiger partial charge in [-0.05, 0) is 53.9 Å². The molecule has 4 rings (SSSR count). The van der Waals surface area contributed by atoms with E-state index in [1.165, 1.54) is 5.56 Å². The molecule has 0 bridgehead atoms. The predicted octanol–water partition coefficient (Wildman–Crippen LogP) is 3.32. The molecule has 1 aliphatic heterocycles. The molecule has 32 heavy (non-hydrogen) atoms. The van der Waals surface area contributed by atoms with Gasteiger partial charge in [0.2, 0.25) is 0 Å². The Labute approximate surface area is 187 Å². The number of carbonyl (C=O) groups excluding carboxylic acids is 1. The minimum atomic E-state index is -0.0754. The van der Waals surface area contributed by atoms with Crippen molar-refractivity contribution < 1.29 is 23.7 Å². The van der Waals surface area contributed by atoms with Gasteiger partial charge >= 0.3 is 0 Å². The highest BCUT2D eigenvalue weighted by Crippen LogP contribution is 2.35. The second kappa shape index (κ2) is 8.82. The van der Waals surface area contributed by atoms with Gasteiger partial charge in [-0.25, -0.2) is 0 Å². The molecule has 0 fully saturated rings. The summed E-state index contributed by atoms with van der Waals surface area (Å²) < 4.78 is 23.3. The summed E-state index contributed by atoms with van der Waals surface area (Å²) >= 11 is 0. The Bertz CT molecular complexity index is 1150. The summed E-state index contributed by atoms with van der Waals surface area (Å²) in [5, 5.41) is 4.57. The Morgan fingerprint density at radius 2 is 1.56 bits per heavy atom. The highest BCUT2D eigenvalue weighted by molar-refractivity contribution is 5.94. The maximum atomic E-state index is 13.4. The number of hydrogen-bond donors (Lipinski definition) is 0. The second-order valence-corrected chi connectivity index (χ2v) is 7.56. The topological polar surface area (TPSA) is 75.1 Å². The first-order valence-corrected chi connectivity index (χ1v) is 10.3. The highest BCUT2D eigenvalue weighted by atomic mass is 16.5. The van der Waals surface area contributed by atoms with Crippen LogP contribution in [0.5, 0.6) is 23.0 Å². The van der Waals surface area contributed by atoms with Crippen LogP contribution in [0.4, 0.5) is 0 Å². The van der Waals surface area contributed by atoms with Crippen molar-refractivity contribution in [2.75, 3.05) is 35.0 Å². The quantitative estimate of drug-likeness (QED) is 0.589. The maximum Gasteiger partial charge on any atom is 0.272 e. The molecule has 1 aromatic heterocycles. The number of carbonyl (C=O) groups is 1. The van der Waals surface area contributed by atoms with Crippen LogP contribution >= 0.6 is 0 Å². The largest absolute Gasteiger partial charge is 0.497 e. The van der Waals surface area contributed by atoms with Crippen molar-refractivity contribution in [2.24, 2.45) is 7.05 Å². The zero-order chi connectivity index (χ0) is 22.8. The van der Waals surface area contributed by atoms with E-state index in [-0.39, 0.29) is 5.91 Å². The van der Waals surface area contributed by atoms with E-state index in [0.29, 0.717) is 47.5 Å². The summed E-state index contributed by atoms with van der Waals surface area (Å²) in [4.78, 5) is 15.2. The maximum absolute atomic E-state index is 13.4. The van der Waals surface area contributed by atoms with Gasteiger partial charge in [-0.15, -0.1) is 0 Å². The van der Waals surface area contributed by atoms with Crippen molar-refractivity contribution in [2.45, 2.75) is 13.0 Å². The number of hydrogen-bond acceptors (Lipinski definition) is 6. The third-order valence-electron chi connectivity index (χ3n) is 5.79. The SMILES string of the molecule is COc1ccc(OC)c(-c2cc(C(=O)N3CCc4cc(OC)c(OC)cc4C3)n(C)n2)c1. The smallest absolute Gasteiger partial charge is 0.272 e. The third kappa shape index (κ3) is 3.84. The molecule has 0 unspecified atom stereocenters. The van der Waals surface area contributed by atoms with Crippen molar-refractivity contribution in [3.8, 4) is 34.3 Å². The number of nitrogens with zero attached hydrogens (tertiary/aromatic N) is 3. The molecular weight excluding hydrogens is 410 g/mol. The van der Waals surface area contributed by atoms with E-state index in [1.807, 2.05) is 35.2 Å². The first-order valence-electron chi connectivity index (χ1n) is 10.3. The van der Waals surface area contributed by atoms with Crippen molar-refractivity contribution in [3.05, 3.63) is 53.2 Å². The average Bonchev–Trinajstić information content (AvgIpc) is 3.22. The fourth-order valence-electron chi connectivity index (χ4n) is 4.03. The molecule has 8 nitrogen and oxygen atoms in total. The van der Waals surface area contributed by atoms with E-state index < -0.39 is 0 Å². The molecule has 2 heterocycles.